The maximum atomic E-state index is 10.7. The van der Waals surface area contributed by atoms with E-state index in [1.165, 1.54) is 0 Å². The zero-order chi connectivity index (χ0) is 13.1. The molecule has 0 radical (unpaired) electrons. The summed E-state index contributed by atoms with van der Waals surface area (Å²) in [5, 5.41) is 20.2. The molecule has 94 valence electrons. The first-order valence-corrected chi connectivity index (χ1v) is 5.77. The third kappa shape index (κ3) is 2.43. The minimum atomic E-state index is -0.988. The van der Waals surface area contributed by atoms with E-state index in [0.29, 0.717) is 12.8 Å². The van der Waals surface area contributed by atoms with Crippen molar-refractivity contribution in [3.63, 3.8) is 0 Å². The van der Waals surface area contributed by atoms with Crippen LogP contribution in [0.5, 0.6) is 5.75 Å². The van der Waals surface area contributed by atoms with Crippen molar-refractivity contribution in [2.45, 2.75) is 18.9 Å². The predicted octanol–water partition coefficient (Wildman–Crippen LogP) is 1.89. The zero-order valence-electron chi connectivity index (χ0n) is 9.84. The Labute approximate surface area is 105 Å². The van der Waals surface area contributed by atoms with E-state index in [-0.39, 0.29) is 5.75 Å². The lowest BCUT2D eigenvalue weighted by Crippen LogP contribution is -2.30. The lowest BCUT2D eigenvalue weighted by molar-refractivity contribution is -0.138. The zero-order valence-corrected chi connectivity index (χ0v) is 9.84. The van der Waals surface area contributed by atoms with E-state index in [1.807, 2.05) is 30.3 Å². The van der Waals surface area contributed by atoms with Gasteiger partial charge in [-0.15, -0.1) is 0 Å². The fraction of sp³-hybridized carbons (Fsp3) is 0.214. The smallest absolute Gasteiger partial charge is 0.320 e. The number of hydrogen-bond acceptors (Lipinski definition) is 3. The summed E-state index contributed by atoms with van der Waals surface area (Å²) in [6, 6.07) is 10.1. The highest BCUT2D eigenvalue weighted by Crippen LogP contribution is 2.28. The van der Waals surface area contributed by atoms with Gasteiger partial charge in [0.15, 0.2) is 0 Å². The molecule has 0 spiro atoms. The van der Waals surface area contributed by atoms with Crippen molar-refractivity contribution in [2.24, 2.45) is 5.73 Å². The highest BCUT2D eigenvalue weighted by Gasteiger charge is 2.12. The molecule has 0 unspecified atom stereocenters. The monoisotopic (exact) mass is 245 g/mol. The van der Waals surface area contributed by atoms with Crippen molar-refractivity contribution in [1.29, 1.82) is 0 Å². The van der Waals surface area contributed by atoms with Crippen LogP contribution in [0.1, 0.15) is 12.0 Å². The summed E-state index contributed by atoms with van der Waals surface area (Å²) < 4.78 is 0. The van der Waals surface area contributed by atoms with E-state index >= 15 is 0 Å². The molecule has 0 amide bonds. The molecule has 0 bridgehead atoms. The van der Waals surface area contributed by atoms with Crippen LogP contribution in [0.15, 0.2) is 36.4 Å². The second kappa shape index (κ2) is 5.06. The molecule has 0 saturated heterocycles. The third-order valence-electron chi connectivity index (χ3n) is 3.03. The summed E-state index contributed by atoms with van der Waals surface area (Å²) in [5.41, 5.74) is 6.49. The average Bonchev–Trinajstić information content (AvgIpc) is 2.38. The summed E-state index contributed by atoms with van der Waals surface area (Å²) >= 11 is 0. The largest absolute Gasteiger partial charge is 0.507 e. The lowest BCUT2D eigenvalue weighted by Gasteiger charge is -2.10. The predicted molar refractivity (Wildman–Crippen MR) is 69.5 cm³/mol. The van der Waals surface area contributed by atoms with E-state index in [2.05, 4.69) is 0 Å². The molecule has 18 heavy (non-hydrogen) atoms. The third-order valence-corrected chi connectivity index (χ3v) is 3.03. The van der Waals surface area contributed by atoms with Crippen molar-refractivity contribution in [1.82, 2.24) is 0 Å². The van der Waals surface area contributed by atoms with Gasteiger partial charge in [-0.1, -0.05) is 30.3 Å². The van der Waals surface area contributed by atoms with Gasteiger partial charge in [0.25, 0.3) is 0 Å². The Kier molecular flexibility index (Phi) is 3.48. The number of nitrogens with two attached hydrogens (primary N) is 1. The van der Waals surface area contributed by atoms with Gasteiger partial charge >= 0.3 is 5.97 Å². The van der Waals surface area contributed by atoms with Crippen LogP contribution >= 0.6 is 0 Å². The first-order chi connectivity index (χ1) is 8.59. The molecule has 1 atom stereocenters. The van der Waals surface area contributed by atoms with Crippen LogP contribution < -0.4 is 5.73 Å². The molecule has 4 heteroatoms. The molecular weight excluding hydrogens is 230 g/mol. The fourth-order valence-corrected chi connectivity index (χ4v) is 2.00. The molecule has 0 aromatic heterocycles. The van der Waals surface area contributed by atoms with Gasteiger partial charge in [0, 0.05) is 5.39 Å². The van der Waals surface area contributed by atoms with Crippen LogP contribution in [0.3, 0.4) is 0 Å². The van der Waals surface area contributed by atoms with E-state index in [4.69, 9.17) is 10.8 Å². The SMILES string of the molecule is N[C@@H](CCc1ccc(O)c2ccccc12)C(=O)O. The number of phenols is 1. The summed E-state index contributed by atoms with van der Waals surface area (Å²) in [5.74, 6) is -0.755. The molecular formula is C14H15NO3. The Bertz CT molecular complexity index is 580. The van der Waals surface area contributed by atoms with Crippen molar-refractivity contribution in [3.8, 4) is 5.75 Å². The molecule has 0 aliphatic heterocycles. The van der Waals surface area contributed by atoms with Crippen LogP contribution in [0.2, 0.25) is 0 Å². The molecule has 4 N–H and O–H groups in total. The number of rotatable bonds is 4. The van der Waals surface area contributed by atoms with Crippen LogP contribution in [-0.4, -0.2) is 22.2 Å². The summed E-state index contributed by atoms with van der Waals surface area (Å²) in [4.78, 5) is 10.7. The number of aryl methyl sites for hydroxylation is 1. The van der Waals surface area contributed by atoms with Crippen LogP contribution in [0, 0.1) is 0 Å². The van der Waals surface area contributed by atoms with E-state index in [9.17, 15) is 9.90 Å². The molecule has 2 aromatic rings. The molecule has 0 fully saturated rings. The highest BCUT2D eigenvalue weighted by atomic mass is 16.4. The molecule has 0 aliphatic carbocycles. The van der Waals surface area contributed by atoms with Crippen molar-refractivity contribution >= 4 is 16.7 Å². The molecule has 0 saturated carbocycles. The fourth-order valence-electron chi connectivity index (χ4n) is 2.00. The first kappa shape index (κ1) is 12.4. The van der Waals surface area contributed by atoms with Gasteiger partial charge in [-0.25, -0.2) is 0 Å². The Morgan fingerprint density at radius 2 is 1.83 bits per heavy atom. The van der Waals surface area contributed by atoms with Crippen LogP contribution in [0.4, 0.5) is 0 Å². The number of fused-ring (bicyclic) bond motifs is 1. The number of benzene rings is 2. The Morgan fingerprint density at radius 1 is 1.17 bits per heavy atom. The van der Waals surface area contributed by atoms with Gasteiger partial charge in [-0.05, 0) is 29.9 Å². The summed E-state index contributed by atoms with van der Waals surface area (Å²) in [6.45, 7) is 0. The van der Waals surface area contributed by atoms with Gasteiger partial charge < -0.3 is 15.9 Å². The van der Waals surface area contributed by atoms with E-state index < -0.39 is 12.0 Å². The Hall–Kier alpha value is -2.07. The number of phenolic OH excluding ortho intramolecular Hbond substituents is 1. The van der Waals surface area contributed by atoms with Gasteiger partial charge in [0.05, 0.1) is 0 Å². The van der Waals surface area contributed by atoms with E-state index in [0.717, 1.165) is 16.3 Å². The highest BCUT2D eigenvalue weighted by molar-refractivity contribution is 5.90. The standard InChI is InChI=1S/C14H15NO3/c15-12(14(17)18)7-5-9-6-8-13(16)11-4-2-1-3-10(9)11/h1-4,6,8,12,16H,5,7,15H2,(H,17,18)/t12-/m0/s1. The van der Waals surface area contributed by atoms with Crippen LogP contribution in [-0.2, 0) is 11.2 Å². The van der Waals surface area contributed by atoms with Gasteiger partial charge in [-0.3, -0.25) is 4.79 Å². The topological polar surface area (TPSA) is 83.5 Å². The number of aliphatic carboxylic acids is 1. The lowest BCUT2D eigenvalue weighted by atomic mass is 9.98. The Morgan fingerprint density at radius 3 is 2.50 bits per heavy atom. The molecule has 0 aliphatic rings. The number of carbonyl (C=O) groups is 1. The molecule has 2 aromatic carbocycles. The second-order valence-electron chi connectivity index (χ2n) is 4.27. The number of aromatic hydroxyl groups is 1. The number of carboxylic acids is 1. The van der Waals surface area contributed by atoms with Crippen molar-refractivity contribution in [3.05, 3.63) is 42.0 Å². The van der Waals surface area contributed by atoms with Gasteiger partial charge in [-0.2, -0.15) is 0 Å². The second-order valence-corrected chi connectivity index (χ2v) is 4.27. The van der Waals surface area contributed by atoms with Crippen LogP contribution in [0.25, 0.3) is 10.8 Å². The van der Waals surface area contributed by atoms with E-state index in [1.54, 1.807) is 6.07 Å². The first-order valence-electron chi connectivity index (χ1n) is 5.77. The number of hydrogen-bond donors (Lipinski definition) is 3. The van der Waals surface area contributed by atoms with Crippen molar-refractivity contribution in [2.75, 3.05) is 0 Å². The molecule has 0 heterocycles. The Balaban J connectivity index is 2.29. The summed E-state index contributed by atoms with van der Waals surface area (Å²) in [6.07, 6.45) is 0.957. The van der Waals surface area contributed by atoms with Crippen molar-refractivity contribution < 1.29 is 15.0 Å². The maximum Gasteiger partial charge on any atom is 0.320 e. The molecule has 2 rings (SSSR count). The summed E-state index contributed by atoms with van der Waals surface area (Å²) in [7, 11) is 0. The quantitative estimate of drug-likeness (QED) is 0.768. The maximum absolute atomic E-state index is 10.7. The minimum Gasteiger partial charge on any atom is -0.507 e. The number of carboxylic acid groups (broad SMARTS) is 1. The minimum absolute atomic E-state index is 0.233. The molecule has 4 nitrogen and oxygen atoms in total. The van der Waals surface area contributed by atoms with Gasteiger partial charge in [0.2, 0.25) is 0 Å². The normalized spacial score (nSPS) is 12.5. The van der Waals surface area contributed by atoms with Gasteiger partial charge in [0.1, 0.15) is 11.8 Å². The average molecular weight is 245 g/mol.